The van der Waals surface area contributed by atoms with E-state index in [9.17, 15) is 0 Å². The summed E-state index contributed by atoms with van der Waals surface area (Å²) >= 11 is 0. The average molecular weight is 598 g/mol. The fraction of sp³-hybridized carbons (Fsp3) is 0.769. The first-order chi connectivity index (χ1) is 21.2. The lowest BCUT2D eigenvalue weighted by Crippen LogP contribution is -2.28. The van der Waals surface area contributed by atoms with Gasteiger partial charge < -0.3 is 9.47 Å². The molecule has 2 aromatic rings. The molecule has 4 heteroatoms. The predicted molar refractivity (Wildman–Crippen MR) is 185 cm³/mol. The molecule has 0 atom stereocenters. The Labute approximate surface area is 267 Å². The van der Waals surface area contributed by atoms with Crippen LogP contribution in [-0.4, -0.2) is 17.8 Å². The van der Waals surface area contributed by atoms with E-state index in [0.717, 1.165) is 43.1 Å². The number of hydrogen-bond acceptors (Lipinski definition) is 2. The molecule has 0 aliphatic carbocycles. The van der Waals surface area contributed by atoms with E-state index < -0.39 is 0 Å². The summed E-state index contributed by atoms with van der Waals surface area (Å²) in [5.41, 5.74) is 1.16. The number of aromatic nitrogens is 2. The molecule has 0 radical (unpaired) electrons. The maximum Gasteiger partial charge on any atom is 0.288 e. The van der Waals surface area contributed by atoms with E-state index >= 15 is 0 Å². The fourth-order valence-electron chi connectivity index (χ4n) is 6.13. The molecule has 0 aliphatic rings. The second-order valence-electron chi connectivity index (χ2n) is 13.0. The average Bonchev–Trinajstić information content (AvgIpc) is 3.35. The molecule has 0 bridgehead atoms. The highest BCUT2D eigenvalue weighted by Gasteiger charge is 2.17. The van der Waals surface area contributed by atoms with E-state index in [-0.39, 0.29) is 0 Å². The smallest absolute Gasteiger partial charge is 0.288 e. The number of nitrogens with zero attached hydrogens (tertiary/aromatic N) is 2. The van der Waals surface area contributed by atoms with Crippen molar-refractivity contribution >= 4 is 0 Å². The van der Waals surface area contributed by atoms with Crippen molar-refractivity contribution in [2.45, 2.75) is 168 Å². The zero-order valence-electron chi connectivity index (χ0n) is 29.0. The van der Waals surface area contributed by atoms with Crippen molar-refractivity contribution in [3.8, 4) is 22.9 Å². The molecule has 1 aromatic carbocycles. The van der Waals surface area contributed by atoms with Crippen molar-refractivity contribution in [3.63, 3.8) is 0 Å². The zero-order valence-corrected chi connectivity index (χ0v) is 29.0. The summed E-state index contributed by atoms with van der Waals surface area (Å²) in [7, 11) is 4.20. The molecule has 0 fully saturated rings. The van der Waals surface area contributed by atoms with Crippen LogP contribution in [0.4, 0.5) is 0 Å². The Morgan fingerprint density at radius 3 is 1.33 bits per heavy atom. The van der Waals surface area contributed by atoms with Gasteiger partial charge in [-0.15, -0.1) is 0 Å². The second-order valence-corrected chi connectivity index (χ2v) is 13.0. The van der Waals surface area contributed by atoms with Crippen LogP contribution in [0.1, 0.15) is 168 Å². The van der Waals surface area contributed by atoms with Crippen molar-refractivity contribution in [3.05, 3.63) is 30.6 Å². The van der Waals surface area contributed by atoms with Gasteiger partial charge in [-0.2, -0.15) is 0 Å². The summed E-state index contributed by atoms with van der Waals surface area (Å²) in [5, 5.41) is 0. The molecule has 246 valence electrons. The van der Waals surface area contributed by atoms with Crippen LogP contribution in [0, 0.1) is 0 Å². The topological polar surface area (TPSA) is 27.3 Å². The molecule has 0 unspecified atom stereocenters. The second kappa shape index (κ2) is 25.4. The van der Waals surface area contributed by atoms with Crippen molar-refractivity contribution < 1.29 is 14.0 Å². The van der Waals surface area contributed by atoms with E-state index in [2.05, 4.69) is 67.7 Å². The Bertz CT molecular complexity index is 902. The molecule has 0 saturated heterocycles. The molecule has 43 heavy (non-hydrogen) atoms. The third kappa shape index (κ3) is 17.2. The number of imidazole rings is 1. The molecule has 1 aromatic heterocycles. The van der Waals surface area contributed by atoms with Gasteiger partial charge in [0.25, 0.3) is 5.82 Å². The summed E-state index contributed by atoms with van der Waals surface area (Å²) in [5.74, 6) is 2.95. The van der Waals surface area contributed by atoms with Crippen LogP contribution in [0.5, 0.6) is 11.5 Å². The maximum atomic E-state index is 6.37. The lowest BCUT2D eigenvalue weighted by molar-refractivity contribution is -0.659. The van der Waals surface area contributed by atoms with Gasteiger partial charge in [-0.05, 0) is 31.0 Å². The van der Waals surface area contributed by atoms with Gasteiger partial charge in [-0.1, -0.05) is 155 Å². The SMILES string of the molecule is CCCCCCCCCCCCCCOc1ccc(-c2n(C)cc[n+]2C)cc1OCCCCCCCCCCCCCC. The van der Waals surface area contributed by atoms with Gasteiger partial charge in [0.1, 0.15) is 12.4 Å². The quantitative estimate of drug-likeness (QED) is 0.0689. The number of hydrogen-bond donors (Lipinski definition) is 0. The van der Waals surface area contributed by atoms with Crippen LogP contribution in [0.15, 0.2) is 30.6 Å². The molecule has 2 rings (SSSR count). The van der Waals surface area contributed by atoms with Crippen LogP contribution in [0.3, 0.4) is 0 Å². The molecule has 1 heterocycles. The number of ether oxygens (including phenoxy) is 2. The predicted octanol–water partition coefficient (Wildman–Crippen LogP) is 11.7. The van der Waals surface area contributed by atoms with Crippen LogP contribution in [-0.2, 0) is 14.1 Å². The van der Waals surface area contributed by atoms with Crippen molar-refractivity contribution in [2.24, 2.45) is 14.1 Å². The molecular formula is C39H69N2O2+. The molecule has 0 saturated carbocycles. The number of rotatable bonds is 29. The van der Waals surface area contributed by atoms with Gasteiger partial charge in [-0.3, -0.25) is 0 Å². The highest BCUT2D eigenvalue weighted by atomic mass is 16.5. The Morgan fingerprint density at radius 1 is 0.535 bits per heavy atom. The normalized spacial score (nSPS) is 11.3. The lowest BCUT2D eigenvalue weighted by Gasteiger charge is -2.14. The lowest BCUT2D eigenvalue weighted by atomic mass is 10.1. The van der Waals surface area contributed by atoms with Crippen molar-refractivity contribution in [1.82, 2.24) is 4.57 Å². The highest BCUT2D eigenvalue weighted by molar-refractivity contribution is 5.59. The molecular weight excluding hydrogens is 528 g/mol. The molecule has 0 spiro atoms. The summed E-state index contributed by atoms with van der Waals surface area (Å²) in [6.45, 7) is 6.11. The van der Waals surface area contributed by atoms with Gasteiger partial charge in [0.15, 0.2) is 11.5 Å². The minimum absolute atomic E-state index is 0.759. The third-order valence-electron chi connectivity index (χ3n) is 8.89. The molecule has 0 aliphatic heterocycles. The summed E-state index contributed by atoms with van der Waals surface area (Å²) in [4.78, 5) is 0. The van der Waals surface area contributed by atoms with Crippen LogP contribution in [0.25, 0.3) is 11.4 Å². The Morgan fingerprint density at radius 2 is 0.930 bits per heavy atom. The van der Waals surface area contributed by atoms with Crippen molar-refractivity contribution in [1.29, 1.82) is 0 Å². The number of benzene rings is 1. The minimum Gasteiger partial charge on any atom is -0.490 e. The first-order valence-corrected chi connectivity index (χ1v) is 18.6. The Balaban J connectivity index is 1.67. The molecule has 0 amide bonds. The molecule has 0 N–H and O–H groups in total. The maximum absolute atomic E-state index is 6.37. The standard InChI is InChI=1S/C39H69N2O2/c1-5-7-9-11-13-15-17-19-21-23-25-27-33-42-37-30-29-36(39-40(3)31-32-41(39)4)35-38(37)43-34-28-26-24-22-20-18-16-14-12-10-8-6-2/h29-32,35H,5-28,33-34H2,1-4H3/q+1. The van der Waals surface area contributed by atoms with Crippen molar-refractivity contribution in [2.75, 3.05) is 13.2 Å². The first kappa shape index (κ1) is 37.2. The first-order valence-electron chi connectivity index (χ1n) is 18.6. The number of unbranched alkanes of at least 4 members (excludes halogenated alkanes) is 22. The zero-order chi connectivity index (χ0) is 30.8. The van der Waals surface area contributed by atoms with Gasteiger partial charge in [0, 0.05) is 0 Å². The van der Waals surface area contributed by atoms with Crippen LogP contribution in [0.2, 0.25) is 0 Å². The third-order valence-corrected chi connectivity index (χ3v) is 8.89. The van der Waals surface area contributed by atoms with Gasteiger partial charge in [0.05, 0.1) is 32.9 Å². The minimum atomic E-state index is 0.759. The summed E-state index contributed by atoms with van der Waals surface area (Å²) in [6, 6.07) is 6.46. The van der Waals surface area contributed by atoms with Crippen LogP contribution >= 0.6 is 0 Å². The van der Waals surface area contributed by atoms with E-state index in [4.69, 9.17) is 9.47 Å². The van der Waals surface area contributed by atoms with Crippen LogP contribution < -0.4 is 14.0 Å². The van der Waals surface area contributed by atoms with E-state index in [1.54, 1.807) is 0 Å². The summed E-state index contributed by atoms with van der Waals surface area (Å²) in [6.07, 6.45) is 36.8. The summed E-state index contributed by atoms with van der Waals surface area (Å²) < 4.78 is 17.0. The Kier molecular flexibility index (Phi) is 22.0. The van der Waals surface area contributed by atoms with E-state index in [1.807, 2.05) is 0 Å². The highest BCUT2D eigenvalue weighted by Crippen LogP contribution is 2.32. The van der Waals surface area contributed by atoms with E-state index in [1.165, 1.54) is 147 Å². The number of aryl methyl sites for hydroxylation is 2. The van der Waals surface area contributed by atoms with Gasteiger partial charge in [0.2, 0.25) is 0 Å². The largest absolute Gasteiger partial charge is 0.490 e. The molecule has 4 nitrogen and oxygen atoms in total. The monoisotopic (exact) mass is 598 g/mol. The van der Waals surface area contributed by atoms with E-state index in [0.29, 0.717) is 0 Å². The Hall–Kier alpha value is -1.97. The van der Waals surface area contributed by atoms with Gasteiger partial charge >= 0.3 is 0 Å². The fourth-order valence-corrected chi connectivity index (χ4v) is 6.13. The van der Waals surface area contributed by atoms with Gasteiger partial charge in [-0.25, -0.2) is 9.13 Å².